The van der Waals surface area contributed by atoms with Crippen LogP contribution in [0.5, 0.6) is 0 Å². The van der Waals surface area contributed by atoms with Crippen molar-refractivity contribution in [3.63, 3.8) is 0 Å². The maximum atomic E-state index is 16.1. The van der Waals surface area contributed by atoms with Crippen molar-refractivity contribution in [2.24, 2.45) is 0 Å². The van der Waals surface area contributed by atoms with E-state index in [4.69, 9.17) is 9.47 Å². The highest BCUT2D eigenvalue weighted by Gasteiger charge is 2.40. The number of ether oxygens (including phenoxy) is 2. The van der Waals surface area contributed by atoms with Crippen LogP contribution in [-0.4, -0.2) is 51.3 Å². The van der Waals surface area contributed by atoms with Crippen LogP contribution in [0, 0.1) is 5.82 Å². The molecule has 0 radical (unpaired) electrons. The Morgan fingerprint density at radius 2 is 1.61 bits per heavy atom. The van der Waals surface area contributed by atoms with Gasteiger partial charge in [0.2, 0.25) is 0 Å². The van der Waals surface area contributed by atoms with Gasteiger partial charge in [-0.1, -0.05) is 43.2 Å². The van der Waals surface area contributed by atoms with Crippen molar-refractivity contribution in [3.05, 3.63) is 58.5 Å². The Morgan fingerprint density at radius 1 is 0.976 bits per heavy atom. The number of fused-ring (bicyclic) bond motifs is 1. The molecule has 3 amide bonds. The minimum Gasteiger partial charge on any atom is -0.444 e. The van der Waals surface area contributed by atoms with Crippen LogP contribution < -0.4 is 10.6 Å². The number of imide groups is 1. The van der Waals surface area contributed by atoms with Gasteiger partial charge in [0.25, 0.3) is 5.91 Å². The number of nitrogens with one attached hydrogen (secondary N) is 2. The van der Waals surface area contributed by atoms with Crippen LogP contribution in [0.1, 0.15) is 94.4 Å². The van der Waals surface area contributed by atoms with Gasteiger partial charge in [-0.15, -0.1) is 0 Å². The number of hydrogen-bond donors (Lipinski definition) is 2. The van der Waals surface area contributed by atoms with E-state index in [0.29, 0.717) is 31.4 Å². The summed E-state index contributed by atoms with van der Waals surface area (Å²) in [4.78, 5) is 44.4. The Labute approximate surface area is 241 Å². The lowest BCUT2D eigenvalue weighted by Crippen LogP contribution is -2.50. The summed E-state index contributed by atoms with van der Waals surface area (Å²) in [5.74, 6) is -1.28. The normalized spacial score (nSPS) is 19.0. The Hall–Kier alpha value is -3.69. The van der Waals surface area contributed by atoms with Crippen LogP contribution in [0.4, 0.5) is 19.8 Å². The average Bonchev–Trinajstić information content (AvgIpc) is 3.22. The first kappa shape index (κ1) is 30.3. The van der Waals surface area contributed by atoms with E-state index >= 15 is 4.39 Å². The lowest BCUT2D eigenvalue weighted by molar-refractivity contribution is 0.0246. The summed E-state index contributed by atoms with van der Waals surface area (Å²) in [6, 6.07) is 9.16. The number of benzene rings is 1. The molecule has 1 aliphatic heterocycles. The van der Waals surface area contributed by atoms with Crippen LogP contribution in [0.25, 0.3) is 0 Å². The summed E-state index contributed by atoms with van der Waals surface area (Å²) < 4.78 is 26.9. The van der Waals surface area contributed by atoms with Gasteiger partial charge in [0.05, 0.1) is 23.8 Å². The first-order valence-corrected chi connectivity index (χ1v) is 14.3. The molecule has 1 aromatic carbocycles. The van der Waals surface area contributed by atoms with E-state index in [1.165, 1.54) is 0 Å². The number of amides is 3. The van der Waals surface area contributed by atoms with Crippen molar-refractivity contribution in [1.29, 1.82) is 0 Å². The number of aryl methyl sites for hydroxylation is 2. The molecular weight excluding hydrogens is 527 g/mol. The molecule has 2 atom stereocenters. The number of alkyl carbamates (subject to hydrolysis) is 1. The monoisotopic (exact) mass is 568 g/mol. The Balaban J connectivity index is 1.64. The summed E-state index contributed by atoms with van der Waals surface area (Å²) in [6.07, 6.45) is 2.83. The van der Waals surface area contributed by atoms with Gasteiger partial charge in [-0.05, 0) is 72.8 Å². The Kier molecular flexibility index (Phi) is 8.89. The van der Waals surface area contributed by atoms with Crippen LogP contribution in [0.2, 0.25) is 0 Å². The highest BCUT2D eigenvalue weighted by molar-refractivity contribution is 6.07. The minimum absolute atomic E-state index is 0.00791. The zero-order valence-corrected chi connectivity index (χ0v) is 24.8. The van der Waals surface area contributed by atoms with Crippen molar-refractivity contribution >= 4 is 23.9 Å². The fraction of sp³-hybridized carbons (Fsp3) is 0.548. The first-order chi connectivity index (χ1) is 19.2. The predicted octanol–water partition coefficient (Wildman–Crippen LogP) is 6.14. The highest BCUT2D eigenvalue weighted by atomic mass is 19.1. The zero-order valence-electron chi connectivity index (χ0n) is 24.8. The van der Waals surface area contributed by atoms with Gasteiger partial charge in [0.15, 0.2) is 11.6 Å². The third-order valence-electron chi connectivity index (χ3n) is 6.98. The fourth-order valence-corrected chi connectivity index (χ4v) is 5.19. The number of nitrogens with zero attached hydrogens (tertiary/aromatic N) is 2. The summed E-state index contributed by atoms with van der Waals surface area (Å²) in [7, 11) is 0. The average molecular weight is 569 g/mol. The maximum Gasteiger partial charge on any atom is 0.417 e. The van der Waals surface area contributed by atoms with E-state index in [-0.39, 0.29) is 35.6 Å². The Morgan fingerprint density at radius 3 is 2.24 bits per heavy atom. The molecule has 2 aliphatic rings. The van der Waals surface area contributed by atoms with Crippen molar-refractivity contribution < 1.29 is 28.2 Å². The number of rotatable bonds is 6. The maximum absolute atomic E-state index is 16.1. The minimum atomic E-state index is -0.824. The molecule has 1 fully saturated rings. The van der Waals surface area contributed by atoms with Gasteiger partial charge in [-0.3, -0.25) is 4.79 Å². The summed E-state index contributed by atoms with van der Waals surface area (Å²) in [5.41, 5.74) is 0.232. The molecule has 0 spiro atoms. The number of pyridine rings is 1. The summed E-state index contributed by atoms with van der Waals surface area (Å²) in [6.45, 7) is 10.3. The standard InChI is InChI=1S/C31H41FN4O5/c1-30(2,3)40-28(38)35-22-15-11-10-14-21(22)33-26-25(32)20-18-36(29(39)41-31(4,5)6)27(37)24(20)23(34-26)17-16-19-12-8-7-9-13-19/h7-9,12-13,21-22H,10-11,14-18H2,1-6H3,(H,33,34)(H,35,38)/t21-,22+/m1/s1. The number of aromatic nitrogens is 1. The second-order valence-corrected chi connectivity index (χ2v) is 12.7. The molecule has 0 unspecified atom stereocenters. The van der Waals surface area contributed by atoms with E-state index in [0.717, 1.165) is 23.3 Å². The number of hydrogen-bond acceptors (Lipinski definition) is 7. The quantitative estimate of drug-likeness (QED) is 0.430. The molecule has 0 saturated heterocycles. The van der Waals surface area contributed by atoms with E-state index in [2.05, 4.69) is 15.6 Å². The second kappa shape index (κ2) is 12.0. The summed E-state index contributed by atoms with van der Waals surface area (Å²) in [5, 5.41) is 6.16. The van der Waals surface area contributed by atoms with Crippen molar-refractivity contribution in [1.82, 2.24) is 15.2 Å². The molecule has 10 heteroatoms. The number of carbonyl (C=O) groups is 3. The SMILES string of the molecule is CC(C)(C)OC(=O)N[C@H]1CCCC[C@H]1Nc1nc(CCc2ccccc2)c2c(c1F)CN(C(=O)OC(C)(C)C)C2=O. The van der Waals surface area contributed by atoms with E-state index in [1.54, 1.807) is 41.5 Å². The number of anilines is 1. The van der Waals surface area contributed by atoms with Gasteiger partial charge in [-0.25, -0.2) is 23.9 Å². The molecule has 1 aromatic heterocycles. The van der Waals surface area contributed by atoms with Crippen molar-refractivity contribution in [2.45, 2.75) is 110 Å². The third kappa shape index (κ3) is 7.74. The number of halogens is 1. The predicted molar refractivity (Wildman–Crippen MR) is 153 cm³/mol. The molecule has 1 aliphatic carbocycles. The molecule has 4 rings (SSSR count). The lowest BCUT2D eigenvalue weighted by atomic mass is 9.90. The fourth-order valence-electron chi connectivity index (χ4n) is 5.19. The molecule has 222 valence electrons. The van der Waals surface area contributed by atoms with Gasteiger partial charge in [0.1, 0.15) is 11.2 Å². The number of carbonyl (C=O) groups excluding carboxylic acids is 3. The smallest absolute Gasteiger partial charge is 0.417 e. The van der Waals surface area contributed by atoms with Crippen LogP contribution in [0.3, 0.4) is 0 Å². The first-order valence-electron chi connectivity index (χ1n) is 14.3. The topological polar surface area (TPSA) is 110 Å². The van der Waals surface area contributed by atoms with Crippen molar-refractivity contribution in [3.8, 4) is 0 Å². The van der Waals surface area contributed by atoms with Crippen LogP contribution in [-0.2, 0) is 28.9 Å². The molecule has 2 N–H and O–H groups in total. The van der Waals surface area contributed by atoms with Crippen LogP contribution >= 0.6 is 0 Å². The van der Waals surface area contributed by atoms with E-state index in [9.17, 15) is 14.4 Å². The van der Waals surface area contributed by atoms with Crippen molar-refractivity contribution in [2.75, 3.05) is 5.32 Å². The molecule has 41 heavy (non-hydrogen) atoms. The molecular formula is C31H41FN4O5. The van der Waals surface area contributed by atoms with Crippen LogP contribution in [0.15, 0.2) is 30.3 Å². The molecule has 2 aromatic rings. The largest absolute Gasteiger partial charge is 0.444 e. The van der Waals surface area contributed by atoms with E-state index in [1.807, 2.05) is 30.3 Å². The van der Waals surface area contributed by atoms with Gasteiger partial charge >= 0.3 is 12.2 Å². The highest BCUT2D eigenvalue weighted by Crippen LogP contribution is 2.34. The third-order valence-corrected chi connectivity index (χ3v) is 6.98. The van der Waals surface area contributed by atoms with E-state index < -0.39 is 35.1 Å². The molecule has 2 heterocycles. The van der Waals surface area contributed by atoms with Gasteiger partial charge in [-0.2, -0.15) is 0 Å². The van der Waals surface area contributed by atoms with Gasteiger partial charge < -0.3 is 20.1 Å². The molecule has 0 bridgehead atoms. The molecule has 9 nitrogen and oxygen atoms in total. The zero-order chi connectivity index (χ0) is 29.9. The van der Waals surface area contributed by atoms with Gasteiger partial charge in [0, 0.05) is 11.6 Å². The summed E-state index contributed by atoms with van der Waals surface area (Å²) >= 11 is 0. The second-order valence-electron chi connectivity index (χ2n) is 12.7. The lowest BCUT2D eigenvalue weighted by Gasteiger charge is -2.34. The Bertz CT molecular complexity index is 1290. The molecule has 1 saturated carbocycles.